The molecule has 13 heavy (non-hydrogen) atoms. The zero-order valence-electron chi connectivity index (χ0n) is 7.17. The molecule has 0 unspecified atom stereocenters. The van der Waals surface area contributed by atoms with E-state index in [4.69, 9.17) is 5.11 Å². The highest BCUT2D eigenvalue weighted by atomic mass is 32.1. The number of rotatable bonds is 1. The smallest absolute Gasteiger partial charge is 0.209 e. The van der Waals surface area contributed by atoms with Crippen molar-refractivity contribution in [2.24, 2.45) is 0 Å². The van der Waals surface area contributed by atoms with Gasteiger partial charge in [0.25, 0.3) is 0 Å². The Morgan fingerprint density at radius 3 is 2.92 bits per heavy atom. The van der Waals surface area contributed by atoms with Gasteiger partial charge in [0.2, 0.25) is 5.06 Å². The van der Waals surface area contributed by atoms with Gasteiger partial charge < -0.3 is 5.11 Å². The molecule has 0 radical (unpaired) electrons. The lowest BCUT2D eigenvalue weighted by molar-refractivity contribution is 0.452. The second-order valence-corrected chi connectivity index (χ2v) is 3.94. The van der Waals surface area contributed by atoms with E-state index < -0.39 is 5.82 Å². The Balaban J connectivity index is 2.73. The molecule has 0 atom stereocenters. The molecule has 0 amide bonds. The molecular weight excluding hydrogens is 187 g/mol. The first kappa shape index (κ1) is 8.51. The highest BCUT2D eigenvalue weighted by Crippen LogP contribution is 2.35. The van der Waals surface area contributed by atoms with Crippen molar-refractivity contribution in [1.82, 2.24) is 0 Å². The summed E-state index contributed by atoms with van der Waals surface area (Å²) < 4.78 is 14.0. The molecule has 1 nitrogen and oxygen atoms in total. The van der Waals surface area contributed by atoms with Crippen LogP contribution in [0.2, 0.25) is 0 Å². The number of fused-ring (bicyclic) bond motifs is 1. The van der Waals surface area contributed by atoms with Gasteiger partial charge in [0.1, 0.15) is 0 Å². The van der Waals surface area contributed by atoms with E-state index in [1.165, 1.54) is 0 Å². The number of aryl methyl sites for hydroxylation is 1. The molecule has 0 fully saturated rings. The molecule has 1 N–H and O–H groups in total. The van der Waals surface area contributed by atoms with Crippen LogP contribution in [-0.4, -0.2) is 5.11 Å². The monoisotopic (exact) mass is 196 g/mol. The van der Waals surface area contributed by atoms with Crippen LogP contribution in [0.15, 0.2) is 18.2 Å². The van der Waals surface area contributed by atoms with Crippen LogP contribution in [0.3, 0.4) is 0 Å². The molecule has 2 rings (SSSR count). The number of hydrogen-bond donors (Lipinski definition) is 1. The fourth-order valence-corrected chi connectivity index (χ4v) is 2.20. The van der Waals surface area contributed by atoms with Gasteiger partial charge in [-0.2, -0.15) is 0 Å². The van der Waals surface area contributed by atoms with Gasteiger partial charge in [-0.15, -0.1) is 0 Å². The molecule has 0 aliphatic heterocycles. The molecule has 1 aromatic heterocycles. The third kappa shape index (κ3) is 1.29. The summed E-state index contributed by atoms with van der Waals surface area (Å²) in [5.74, 6) is -0.498. The molecular formula is C10H9FOS. The van der Waals surface area contributed by atoms with Gasteiger partial charge in [0, 0.05) is 10.1 Å². The summed E-state index contributed by atoms with van der Waals surface area (Å²) in [6.45, 7) is 2.05. The van der Waals surface area contributed by atoms with Crippen LogP contribution in [-0.2, 0) is 6.42 Å². The van der Waals surface area contributed by atoms with Gasteiger partial charge in [-0.25, -0.2) is 4.39 Å². The quantitative estimate of drug-likeness (QED) is 0.741. The van der Waals surface area contributed by atoms with Crippen molar-refractivity contribution in [1.29, 1.82) is 0 Å². The van der Waals surface area contributed by atoms with E-state index in [9.17, 15) is 4.39 Å². The fraction of sp³-hybridized carbons (Fsp3) is 0.200. The van der Waals surface area contributed by atoms with Crippen molar-refractivity contribution >= 4 is 21.4 Å². The maximum absolute atomic E-state index is 13.2. The summed E-state index contributed by atoms with van der Waals surface area (Å²) in [5, 5.41) is 9.44. The topological polar surface area (TPSA) is 20.2 Å². The summed E-state index contributed by atoms with van der Waals surface area (Å²) >= 11 is 1.09. The molecule has 68 valence electrons. The van der Waals surface area contributed by atoms with Gasteiger partial charge in [-0.05, 0) is 18.1 Å². The van der Waals surface area contributed by atoms with E-state index in [2.05, 4.69) is 0 Å². The van der Waals surface area contributed by atoms with E-state index in [0.29, 0.717) is 5.39 Å². The molecule has 0 aliphatic rings. The van der Waals surface area contributed by atoms with Crippen LogP contribution >= 0.6 is 11.3 Å². The second-order valence-electron chi connectivity index (χ2n) is 2.91. The minimum Gasteiger partial charge on any atom is -0.497 e. The minimum atomic E-state index is -0.498. The first-order chi connectivity index (χ1) is 6.22. The third-order valence-corrected chi connectivity index (χ3v) is 3.02. The van der Waals surface area contributed by atoms with Crippen LogP contribution < -0.4 is 0 Å². The van der Waals surface area contributed by atoms with E-state index in [1.807, 2.05) is 19.1 Å². The lowest BCUT2D eigenvalue weighted by atomic mass is 10.1. The summed E-state index contributed by atoms with van der Waals surface area (Å²) in [4.78, 5) is 0. The third-order valence-electron chi connectivity index (χ3n) is 2.09. The maximum Gasteiger partial charge on any atom is 0.209 e. The molecule has 0 aliphatic carbocycles. The molecule has 3 heteroatoms. The molecule has 0 saturated heterocycles. The van der Waals surface area contributed by atoms with E-state index >= 15 is 0 Å². The molecule has 0 saturated carbocycles. The summed E-state index contributed by atoms with van der Waals surface area (Å²) in [7, 11) is 0. The Morgan fingerprint density at radius 1 is 1.46 bits per heavy atom. The highest BCUT2D eigenvalue weighted by molar-refractivity contribution is 7.20. The predicted octanol–water partition coefficient (Wildman–Crippen LogP) is 3.31. The molecule has 2 aromatic rings. The molecule has 0 spiro atoms. The van der Waals surface area contributed by atoms with Crippen LogP contribution in [0.1, 0.15) is 12.5 Å². The van der Waals surface area contributed by atoms with Crippen molar-refractivity contribution < 1.29 is 9.50 Å². The van der Waals surface area contributed by atoms with Crippen LogP contribution in [0, 0.1) is 5.82 Å². The van der Waals surface area contributed by atoms with E-state index in [-0.39, 0.29) is 5.06 Å². The van der Waals surface area contributed by atoms with Crippen molar-refractivity contribution in [3.8, 4) is 5.06 Å². The predicted molar refractivity (Wildman–Crippen MR) is 52.8 cm³/mol. The first-order valence-electron chi connectivity index (χ1n) is 4.12. The number of thiophene rings is 1. The Hall–Kier alpha value is -1.09. The average Bonchev–Trinajstić information content (AvgIpc) is 2.42. The molecule has 1 heterocycles. The maximum atomic E-state index is 13.2. The lowest BCUT2D eigenvalue weighted by Crippen LogP contribution is -1.77. The number of aromatic hydroxyl groups is 1. The number of halogens is 1. The molecule has 0 bridgehead atoms. The zero-order chi connectivity index (χ0) is 9.42. The Labute approximate surface area is 79.4 Å². The van der Waals surface area contributed by atoms with Gasteiger partial charge in [0.15, 0.2) is 5.82 Å². The SMILES string of the molecule is CCc1ccc2c(F)c(O)sc2c1. The summed E-state index contributed by atoms with van der Waals surface area (Å²) in [5.41, 5.74) is 1.16. The Bertz CT molecular complexity index is 447. The van der Waals surface area contributed by atoms with Crippen molar-refractivity contribution in [3.05, 3.63) is 29.6 Å². The minimum absolute atomic E-state index is 0.219. The van der Waals surface area contributed by atoms with Crippen LogP contribution in [0.4, 0.5) is 4.39 Å². The Kier molecular flexibility index (Phi) is 1.96. The fourth-order valence-electron chi connectivity index (χ4n) is 1.32. The Morgan fingerprint density at radius 2 is 2.23 bits per heavy atom. The number of hydrogen-bond acceptors (Lipinski definition) is 2. The summed E-state index contributed by atoms with van der Waals surface area (Å²) in [6.07, 6.45) is 0.927. The van der Waals surface area contributed by atoms with Gasteiger partial charge in [-0.1, -0.05) is 30.4 Å². The van der Waals surface area contributed by atoms with E-state index in [0.717, 1.165) is 28.0 Å². The van der Waals surface area contributed by atoms with Crippen molar-refractivity contribution in [3.63, 3.8) is 0 Å². The normalized spacial score (nSPS) is 10.9. The average molecular weight is 196 g/mol. The van der Waals surface area contributed by atoms with Gasteiger partial charge >= 0.3 is 0 Å². The zero-order valence-corrected chi connectivity index (χ0v) is 7.99. The largest absolute Gasteiger partial charge is 0.497 e. The van der Waals surface area contributed by atoms with E-state index in [1.54, 1.807) is 6.07 Å². The first-order valence-corrected chi connectivity index (χ1v) is 4.94. The highest BCUT2D eigenvalue weighted by Gasteiger charge is 2.10. The van der Waals surface area contributed by atoms with Gasteiger partial charge in [0.05, 0.1) is 0 Å². The van der Waals surface area contributed by atoms with Crippen molar-refractivity contribution in [2.75, 3.05) is 0 Å². The van der Waals surface area contributed by atoms with Gasteiger partial charge in [-0.3, -0.25) is 0 Å². The van der Waals surface area contributed by atoms with Crippen LogP contribution in [0.5, 0.6) is 5.06 Å². The van der Waals surface area contributed by atoms with Crippen molar-refractivity contribution in [2.45, 2.75) is 13.3 Å². The summed E-state index contributed by atoms with van der Waals surface area (Å²) in [6, 6.07) is 5.53. The molecule has 1 aromatic carbocycles. The second kappa shape index (κ2) is 3.00. The van der Waals surface area contributed by atoms with Crippen LogP contribution in [0.25, 0.3) is 10.1 Å². The standard InChI is InChI=1S/C10H9FOS/c1-2-6-3-4-7-8(5-6)13-10(12)9(7)11/h3-5,12H,2H2,1H3. The number of benzene rings is 1. The lowest BCUT2D eigenvalue weighted by Gasteiger charge is -1.94.